The fourth-order valence-corrected chi connectivity index (χ4v) is 2.53. The largest absolute Gasteiger partial charge is 0.330 e. The summed E-state index contributed by atoms with van der Waals surface area (Å²) in [6, 6.07) is 0. The predicted octanol–water partition coefficient (Wildman–Crippen LogP) is 1.73. The van der Waals surface area contributed by atoms with Crippen molar-refractivity contribution in [3.63, 3.8) is 0 Å². The second kappa shape index (κ2) is 3.79. The Morgan fingerprint density at radius 3 is 2.46 bits per heavy atom. The molecule has 0 radical (unpaired) electrons. The van der Waals surface area contributed by atoms with Crippen molar-refractivity contribution in [1.82, 2.24) is 0 Å². The average Bonchev–Trinajstić information content (AvgIpc) is 3.00. The Morgan fingerprint density at radius 2 is 1.85 bits per heavy atom. The molecule has 2 atom stereocenters. The van der Waals surface area contributed by atoms with Gasteiger partial charge in [0.1, 0.15) is 5.78 Å². The van der Waals surface area contributed by atoms with Gasteiger partial charge in [-0.2, -0.15) is 0 Å². The molecule has 2 aliphatic carbocycles. The Balaban J connectivity index is 1.96. The first-order valence-corrected chi connectivity index (χ1v) is 5.56. The van der Waals surface area contributed by atoms with Crippen molar-refractivity contribution in [1.29, 1.82) is 0 Å². The van der Waals surface area contributed by atoms with Crippen molar-refractivity contribution >= 4 is 5.78 Å². The topological polar surface area (TPSA) is 43.1 Å². The van der Waals surface area contributed by atoms with Crippen LogP contribution in [0, 0.1) is 17.8 Å². The lowest BCUT2D eigenvalue weighted by Gasteiger charge is -2.29. The van der Waals surface area contributed by atoms with Crippen molar-refractivity contribution in [2.24, 2.45) is 23.5 Å². The number of rotatable bonds is 3. The Morgan fingerprint density at radius 1 is 1.15 bits per heavy atom. The number of carbonyl (C=O) groups is 1. The van der Waals surface area contributed by atoms with E-state index >= 15 is 0 Å². The third-order valence-corrected chi connectivity index (χ3v) is 3.56. The molecule has 0 heterocycles. The van der Waals surface area contributed by atoms with E-state index in [1.807, 2.05) is 0 Å². The molecular formula is C11H19NO. The third-order valence-electron chi connectivity index (χ3n) is 3.56. The quantitative estimate of drug-likeness (QED) is 0.720. The van der Waals surface area contributed by atoms with Crippen molar-refractivity contribution in [2.75, 3.05) is 6.54 Å². The number of Topliss-reactive ketones (excluding diaryl/α,β-unsaturated/α-hetero) is 1. The fraction of sp³-hybridized carbons (Fsp3) is 0.909. The van der Waals surface area contributed by atoms with Gasteiger partial charge in [-0.3, -0.25) is 4.79 Å². The standard InChI is InChI=1S/C11H19NO/c12-7-9-3-1-2-4-10(9)11(13)8-5-6-8/h8-10H,1-7,12H2. The SMILES string of the molecule is NCC1CCCCC1C(=O)C1CC1. The van der Waals surface area contributed by atoms with Gasteiger partial charge in [-0.1, -0.05) is 12.8 Å². The number of hydrogen-bond donors (Lipinski definition) is 1. The Bertz CT molecular complexity index is 198. The summed E-state index contributed by atoms with van der Waals surface area (Å²) in [6.07, 6.45) is 7.09. The van der Waals surface area contributed by atoms with Gasteiger partial charge in [0.05, 0.1) is 0 Å². The van der Waals surface area contributed by atoms with Crippen LogP contribution in [0.3, 0.4) is 0 Å². The maximum atomic E-state index is 11.9. The summed E-state index contributed by atoms with van der Waals surface area (Å²) in [7, 11) is 0. The molecule has 0 aromatic heterocycles. The average molecular weight is 181 g/mol. The van der Waals surface area contributed by atoms with Crippen LogP contribution in [0.5, 0.6) is 0 Å². The molecule has 2 saturated carbocycles. The number of carbonyl (C=O) groups excluding carboxylic acids is 1. The van der Waals surface area contributed by atoms with Crippen molar-refractivity contribution in [2.45, 2.75) is 38.5 Å². The molecule has 0 aromatic carbocycles. The zero-order valence-corrected chi connectivity index (χ0v) is 8.17. The Labute approximate surface area is 79.9 Å². The maximum Gasteiger partial charge on any atom is 0.139 e. The summed E-state index contributed by atoms with van der Waals surface area (Å²) in [5.41, 5.74) is 5.70. The van der Waals surface area contributed by atoms with Gasteiger partial charge in [0.25, 0.3) is 0 Å². The molecule has 13 heavy (non-hydrogen) atoms. The van der Waals surface area contributed by atoms with Crippen LogP contribution in [-0.2, 0) is 4.79 Å². The molecule has 0 saturated heterocycles. The van der Waals surface area contributed by atoms with Crippen LogP contribution in [0.1, 0.15) is 38.5 Å². The lowest BCUT2D eigenvalue weighted by molar-refractivity contribution is -0.126. The highest BCUT2D eigenvalue weighted by Gasteiger charge is 2.38. The molecular weight excluding hydrogens is 162 g/mol. The summed E-state index contributed by atoms with van der Waals surface area (Å²) < 4.78 is 0. The van der Waals surface area contributed by atoms with E-state index < -0.39 is 0 Å². The zero-order chi connectivity index (χ0) is 9.26. The maximum absolute atomic E-state index is 11.9. The second-order valence-corrected chi connectivity index (χ2v) is 4.56. The highest BCUT2D eigenvalue weighted by Crippen LogP contribution is 2.39. The van der Waals surface area contributed by atoms with E-state index in [0.717, 1.165) is 19.3 Å². The summed E-state index contributed by atoms with van der Waals surface area (Å²) in [4.78, 5) is 11.9. The zero-order valence-electron chi connectivity index (χ0n) is 8.17. The summed E-state index contributed by atoms with van der Waals surface area (Å²) in [6.45, 7) is 0.711. The number of ketones is 1. The van der Waals surface area contributed by atoms with Gasteiger partial charge < -0.3 is 5.73 Å². The molecule has 2 heteroatoms. The highest BCUT2D eigenvalue weighted by atomic mass is 16.1. The summed E-state index contributed by atoms with van der Waals surface area (Å²) >= 11 is 0. The summed E-state index contributed by atoms with van der Waals surface area (Å²) in [5, 5.41) is 0. The van der Waals surface area contributed by atoms with E-state index in [0.29, 0.717) is 30.1 Å². The molecule has 0 bridgehead atoms. The van der Waals surface area contributed by atoms with Crippen molar-refractivity contribution < 1.29 is 4.79 Å². The minimum absolute atomic E-state index is 0.325. The van der Waals surface area contributed by atoms with Gasteiger partial charge >= 0.3 is 0 Å². The van der Waals surface area contributed by atoms with Crippen LogP contribution in [-0.4, -0.2) is 12.3 Å². The van der Waals surface area contributed by atoms with Crippen LogP contribution in [0.25, 0.3) is 0 Å². The van der Waals surface area contributed by atoms with Crippen LogP contribution in [0.4, 0.5) is 0 Å². The lowest BCUT2D eigenvalue weighted by Crippen LogP contribution is -2.33. The monoisotopic (exact) mass is 181 g/mol. The fourth-order valence-electron chi connectivity index (χ4n) is 2.53. The van der Waals surface area contributed by atoms with Gasteiger partial charge in [-0.25, -0.2) is 0 Å². The molecule has 0 aliphatic heterocycles. The van der Waals surface area contributed by atoms with Gasteiger partial charge in [-0.15, -0.1) is 0 Å². The molecule has 2 fully saturated rings. The first kappa shape index (κ1) is 9.20. The van der Waals surface area contributed by atoms with Gasteiger partial charge in [-0.05, 0) is 38.1 Å². The molecule has 0 amide bonds. The number of nitrogens with two attached hydrogens (primary N) is 1. The molecule has 2 N–H and O–H groups in total. The second-order valence-electron chi connectivity index (χ2n) is 4.56. The Kier molecular flexibility index (Phi) is 2.68. The van der Waals surface area contributed by atoms with Crippen LogP contribution >= 0.6 is 0 Å². The first-order valence-electron chi connectivity index (χ1n) is 5.56. The van der Waals surface area contributed by atoms with E-state index in [1.54, 1.807) is 0 Å². The Hall–Kier alpha value is -0.370. The molecule has 2 nitrogen and oxygen atoms in total. The normalized spacial score (nSPS) is 34.5. The molecule has 2 aliphatic rings. The molecule has 0 aromatic rings. The molecule has 0 spiro atoms. The summed E-state index contributed by atoms with van der Waals surface area (Å²) in [5.74, 6) is 1.79. The van der Waals surface area contributed by atoms with Crippen LogP contribution in [0.15, 0.2) is 0 Å². The van der Waals surface area contributed by atoms with Crippen molar-refractivity contribution in [3.8, 4) is 0 Å². The third kappa shape index (κ3) is 1.93. The van der Waals surface area contributed by atoms with E-state index in [2.05, 4.69) is 0 Å². The molecule has 2 rings (SSSR count). The minimum Gasteiger partial charge on any atom is -0.330 e. The lowest BCUT2D eigenvalue weighted by atomic mass is 9.76. The van der Waals surface area contributed by atoms with E-state index in [1.165, 1.54) is 19.3 Å². The van der Waals surface area contributed by atoms with E-state index in [-0.39, 0.29) is 0 Å². The first-order chi connectivity index (χ1) is 6.33. The highest BCUT2D eigenvalue weighted by molar-refractivity contribution is 5.85. The van der Waals surface area contributed by atoms with Crippen LogP contribution < -0.4 is 5.73 Å². The van der Waals surface area contributed by atoms with Crippen LogP contribution in [0.2, 0.25) is 0 Å². The number of hydrogen-bond acceptors (Lipinski definition) is 2. The van der Waals surface area contributed by atoms with Gasteiger partial charge in [0.15, 0.2) is 0 Å². The van der Waals surface area contributed by atoms with Gasteiger partial charge in [0.2, 0.25) is 0 Å². The molecule has 2 unspecified atom stereocenters. The van der Waals surface area contributed by atoms with Crippen molar-refractivity contribution in [3.05, 3.63) is 0 Å². The minimum atomic E-state index is 0.325. The predicted molar refractivity (Wildman–Crippen MR) is 52.2 cm³/mol. The van der Waals surface area contributed by atoms with E-state index in [9.17, 15) is 4.79 Å². The van der Waals surface area contributed by atoms with E-state index in [4.69, 9.17) is 5.73 Å². The molecule has 74 valence electrons. The van der Waals surface area contributed by atoms with Gasteiger partial charge in [0, 0.05) is 11.8 Å². The smallest absolute Gasteiger partial charge is 0.139 e.